The van der Waals surface area contributed by atoms with Crippen LogP contribution in [0.25, 0.3) is 0 Å². The number of hydrogen-bond acceptors (Lipinski definition) is 2. The summed E-state index contributed by atoms with van der Waals surface area (Å²) in [4.78, 5) is 0. The Morgan fingerprint density at radius 2 is 2.00 bits per heavy atom. The van der Waals surface area contributed by atoms with Crippen LogP contribution in [0.15, 0.2) is 0 Å². The van der Waals surface area contributed by atoms with Gasteiger partial charge in [-0.1, -0.05) is 27.2 Å². The van der Waals surface area contributed by atoms with Gasteiger partial charge in [-0.05, 0) is 31.3 Å². The van der Waals surface area contributed by atoms with Crippen molar-refractivity contribution in [2.24, 2.45) is 11.8 Å². The third kappa shape index (κ3) is 6.05. The average molecular weight is 187 g/mol. The monoisotopic (exact) mass is 187 g/mol. The zero-order chi connectivity index (χ0) is 10.1. The van der Waals surface area contributed by atoms with Crippen LogP contribution in [0.5, 0.6) is 0 Å². The topological polar surface area (TPSA) is 21.3 Å². The van der Waals surface area contributed by atoms with E-state index in [1.54, 1.807) is 7.11 Å². The maximum absolute atomic E-state index is 5.16. The summed E-state index contributed by atoms with van der Waals surface area (Å²) in [6, 6.07) is 0. The SMILES string of the molecule is CCCNCC(CC)C(C)COC. The van der Waals surface area contributed by atoms with Gasteiger partial charge in [0.05, 0.1) is 0 Å². The summed E-state index contributed by atoms with van der Waals surface area (Å²) >= 11 is 0. The summed E-state index contributed by atoms with van der Waals surface area (Å²) in [5, 5.41) is 3.47. The third-order valence-electron chi connectivity index (χ3n) is 2.59. The highest BCUT2D eigenvalue weighted by Gasteiger charge is 2.14. The molecule has 0 saturated carbocycles. The molecule has 2 unspecified atom stereocenters. The van der Waals surface area contributed by atoms with E-state index in [4.69, 9.17) is 4.74 Å². The standard InChI is InChI=1S/C11H25NO/c1-5-7-12-8-11(6-2)10(3)9-13-4/h10-12H,5-9H2,1-4H3. The van der Waals surface area contributed by atoms with Crippen LogP contribution in [0, 0.1) is 11.8 Å². The Morgan fingerprint density at radius 1 is 1.31 bits per heavy atom. The predicted octanol–water partition coefficient (Wildman–Crippen LogP) is 2.29. The van der Waals surface area contributed by atoms with E-state index in [2.05, 4.69) is 26.1 Å². The smallest absolute Gasteiger partial charge is 0.0490 e. The van der Waals surface area contributed by atoms with E-state index in [1.807, 2.05) is 0 Å². The third-order valence-corrected chi connectivity index (χ3v) is 2.59. The molecule has 13 heavy (non-hydrogen) atoms. The molecule has 0 aromatic rings. The summed E-state index contributed by atoms with van der Waals surface area (Å²) in [5.74, 6) is 1.42. The molecule has 0 aromatic carbocycles. The van der Waals surface area contributed by atoms with Crippen LogP contribution in [0.3, 0.4) is 0 Å². The first kappa shape index (κ1) is 12.9. The number of hydrogen-bond donors (Lipinski definition) is 1. The Balaban J connectivity index is 3.60. The fourth-order valence-corrected chi connectivity index (χ4v) is 1.61. The zero-order valence-electron chi connectivity index (χ0n) is 9.60. The van der Waals surface area contributed by atoms with Crippen molar-refractivity contribution >= 4 is 0 Å². The van der Waals surface area contributed by atoms with Crippen molar-refractivity contribution in [1.82, 2.24) is 5.32 Å². The van der Waals surface area contributed by atoms with Gasteiger partial charge < -0.3 is 10.1 Å². The van der Waals surface area contributed by atoms with Crippen LogP contribution in [0.2, 0.25) is 0 Å². The molecule has 0 aliphatic carbocycles. The Morgan fingerprint density at radius 3 is 2.46 bits per heavy atom. The first-order valence-electron chi connectivity index (χ1n) is 5.45. The molecule has 0 spiro atoms. The molecule has 2 atom stereocenters. The molecule has 0 aromatic heterocycles. The van der Waals surface area contributed by atoms with Gasteiger partial charge in [0.15, 0.2) is 0 Å². The van der Waals surface area contributed by atoms with E-state index in [1.165, 1.54) is 12.8 Å². The van der Waals surface area contributed by atoms with Crippen LogP contribution in [-0.4, -0.2) is 26.8 Å². The quantitative estimate of drug-likeness (QED) is 0.589. The minimum absolute atomic E-state index is 0.666. The molecule has 0 amide bonds. The van der Waals surface area contributed by atoms with Gasteiger partial charge in [0.1, 0.15) is 0 Å². The lowest BCUT2D eigenvalue weighted by Gasteiger charge is -2.22. The second kappa shape index (κ2) is 8.52. The summed E-state index contributed by atoms with van der Waals surface area (Å²) < 4.78 is 5.16. The molecule has 0 fully saturated rings. The van der Waals surface area contributed by atoms with Gasteiger partial charge in [0, 0.05) is 13.7 Å². The maximum Gasteiger partial charge on any atom is 0.0490 e. The van der Waals surface area contributed by atoms with Crippen molar-refractivity contribution in [2.45, 2.75) is 33.6 Å². The van der Waals surface area contributed by atoms with Crippen LogP contribution >= 0.6 is 0 Å². The molecule has 0 bridgehead atoms. The Hall–Kier alpha value is -0.0800. The number of nitrogens with one attached hydrogen (secondary N) is 1. The summed E-state index contributed by atoms with van der Waals surface area (Å²) in [6.07, 6.45) is 2.45. The summed E-state index contributed by atoms with van der Waals surface area (Å²) in [6.45, 7) is 9.87. The molecule has 0 aliphatic heterocycles. The van der Waals surface area contributed by atoms with Gasteiger partial charge in [0.25, 0.3) is 0 Å². The highest BCUT2D eigenvalue weighted by molar-refractivity contribution is 4.67. The van der Waals surface area contributed by atoms with Crippen molar-refractivity contribution in [2.75, 3.05) is 26.8 Å². The Bertz CT molecular complexity index is 106. The normalized spacial score (nSPS) is 15.7. The van der Waals surface area contributed by atoms with E-state index in [-0.39, 0.29) is 0 Å². The Kier molecular flexibility index (Phi) is 8.46. The van der Waals surface area contributed by atoms with Gasteiger partial charge in [-0.2, -0.15) is 0 Å². The van der Waals surface area contributed by atoms with E-state index < -0.39 is 0 Å². The molecular weight excluding hydrogens is 162 g/mol. The zero-order valence-corrected chi connectivity index (χ0v) is 9.60. The lowest BCUT2D eigenvalue weighted by molar-refractivity contribution is 0.127. The molecule has 1 N–H and O–H groups in total. The van der Waals surface area contributed by atoms with Crippen LogP contribution in [0.1, 0.15) is 33.6 Å². The first-order chi connectivity index (χ1) is 6.26. The first-order valence-corrected chi connectivity index (χ1v) is 5.45. The van der Waals surface area contributed by atoms with Crippen LogP contribution in [0.4, 0.5) is 0 Å². The number of methoxy groups -OCH3 is 1. The molecule has 2 nitrogen and oxygen atoms in total. The minimum Gasteiger partial charge on any atom is -0.384 e. The summed E-state index contributed by atoms with van der Waals surface area (Å²) in [7, 11) is 1.78. The molecule has 2 heteroatoms. The van der Waals surface area contributed by atoms with E-state index >= 15 is 0 Å². The molecule has 80 valence electrons. The fraction of sp³-hybridized carbons (Fsp3) is 1.00. The van der Waals surface area contributed by atoms with Crippen molar-refractivity contribution in [3.8, 4) is 0 Å². The van der Waals surface area contributed by atoms with Crippen molar-refractivity contribution in [3.63, 3.8) is 0 Å². The van der Waals surface area contributed by atoms with Gasteiger partial charge in [-0.3, -0.25) is 0 Å². The van der Waals surface area contributed by atoms with Gasteiger partial charge in [-0.15, -0.1) is 0 Å². The average Bonchev–Trinajstić information content (AvgIpc) is 2.13. The van der Waals surface area contributed by atoms with E-state index in [9.17, 15) is 0 Å². The number of ether oxygens (including phenoxy) is 1. The lowest BCUT2D eigenvalue weighted by atomic mass is 9.92. The molecule has 0 rings (SSSR count). The lowest BCUT2D eigenvalue weighted by Crippen LogP contribution is -2.29. The van der Waals surface area contributed by atoms with Gasteiger partial charge >= 0.3 is 0 Å². The van der Waals surface area contributed by atoms with E-state index in [0.717, 1.165) is 25.6 Å². The highest BCUT2D eigenvalue weighted by atomic mass is 16.5. The minimum atomic E-state index is 0.666. The van der Waals surface area contributed by atoms with Gasteiger partial charge in [-0.25, -0.2) is 0 Å². The Labute approximate surface area is 83.1 Å². The largest absolute Gasteiger partial charge is 0.384 e. The van der Waals surface area contributed by atoms with Gasteiger partial charge in [0.2, 0.25) is 0 Å². The highest BCUT2D eigenvalue weighted by Crippen LogP contribution is 2.14. The molecule has 0 radical (unpaired) electrons. The summed E-state index contributed by atoms with van der Waals surface area (Å²) in [5.41, 5.74) is 0. The predicted molar refractivity (Wildman–Crippen MR) is 58.0 cm³/mol. The molecule has 0 aliphatic rings. The van der Waals surface area contributed by atoms with Crippen LogP contribution in [-0.2, 0) is 4.74 Å². The second-order valence-electron chi connectivity index (χ2n) is 3.81. The number of rotatable bonds is 8. The van der Waals surface area contributed by atoms with Crippen LogP contribution < -0.4 is 5.32 Å². The van der Waals surface area contributed by atoms with E-state index in [0.29, 0.717) is 5.92 Å². The van der Waals surface area contributed by atoms with Crippen molar-refractivity contribution in [1.29, 1.82) is 0 Å². The maximum atomic E-state index is 5.16. The van der Waals surface area contributed by atoms with Crippen molar-refractivity contribution < 1.29 is 4.74 Å². The molecular formula is C11H25NO. The van der Waals surface area contributed by atoms with Crippen molar-refractivity contribution in [3.05, 3.63) is 0 Å². The molecule has 0 heterocycles. The molecule has 0 saturated heterocycles. The second-order valence-corrected chi connectivity index (χ2v) is 3.81. The fourth-order valence-electron chi connectivity index (χ4n) is 1.61.